The van der Waals surface area contributed by atoms with Gasteiger partial charge < -0.3 is 10.6 Å². The topological polar surface area (TPSA) is 49.6 Å². The zero-order chi connectivity index (χ0) is 16.4. The van der Waals surface area contributed by atoms with Gasteiger partial charge in [0, 0.05) is 49.2 Å². The summed E-state index contributed by atoms with van der Waals surface area (Å²) in [4.78, 5) is 17.0. The molecule has 0 radical (unpaired) electrons. The largest absolute Gasteiger partial charge is 0.340 e. The Morgan fingerprint density at radius 3 is 2.52 bits per heavy atom. The maximum absolute atomic E-state index is 12.6. The van der Waals surface area contributed by atoms with E-state index in [0.717, 1.165) is 56.0 Å². The van der Waals surface area contributed by atoms with Crippen molar-refractivity contribution in [2.45, 2.75) is 38.3 Å². The smallest absolute Gasteiger partial charge is 0.225 e. The van der Waals surface area contributed by atoms with Gasteiger partial charge in [-0.25, -0.2) is 0 Å². The van der Waals surface area contributed by atoms with E-state index in [2.05, 4.69) is 17.9 Å². The van der Waals surface area contributed by atoms with E-state index in [9.17, 15) is 4.79 Å². The van der Waals surface area contributed by atoms with Gasteiger partial charge in [-0.3, -0.25) is 9.69 Å². The second-order valence-electron chi connectivity index (χ2n) is 6.83. The van der Waals surface area contributed by atoms with E-state index < -0.39 is 0 Å². The fourth-order valence-corrected chi connectivity index (χ4v) is 4.13. The molecule has 5 heteroatoms. The van der Waals surface area contributed by atoms with E-state index in [1.807, 2.05) is 23.1 Å². The summed E-state index contributed by atoms with van der Waals surface area (Å²) in [6.07, 6.45) is 2.80. The minimum Gasteiger partial charge on any atom is -0.340 e. The first-order chi connectivity index (χ1) is 11.1. The van der Waals surface area contributed by atoms with Crippen LogP contribution in [0.1, 0.15) is 37.8 Å². The summed E-state index contributed by atoms with van der Waals surface area (Å²) in [7, 11) is 0. The van der Waals surface area contributed by atoms with E-state index in [4.69, 9.17) is 17.3 Å². The molecule has 4 nitrogen and oxygen atoms in total. The number of nitrogens with zero attached hydrogens (tertiary/aromatic N) is 2. The highest BCUT2D eigenvalue weighted by Crippen LogP contribution is 2.29. The van der Waals surface area contributed by atoms with Crippen molar-refractivity contribution in [3.63, 3.8) is 0 Å². The average Bonchev–Trinajstić information content (AvgIpc) is 3.01. The van der Waals surface area contributed by atoms with Gasteiger partial charge in [-0.05, 0) is 37.8 Å². The summed E-state index contributed by atoms with van der Waals surface area (Å²) in [6, 6.07) is 8.51. The van der Waals surface area contributed by atoms with Gasteiger partial charge in [0.05, 0.1) is 0 Å². The van der Waals surface area contributed by atoms with Crippen molar-refractivity contribution in [2.75, 3.05) is 26.2 Å². The van der Waals surface area contributed by atoms with E-state index in [0.29, 0.717) is 5.91 Å². The molecule has 1 aromatic rings. The first-order valence-corrected chi connectivity index (χ1v) is 8.97. The summed E-state index contributed by atoms with van der Waals surface area (Å²) < 4.78 is 0. The Morgan fingerprint density at radius 1 is 1.22 bits per heavy atom. The number of hydrogen-bond donors (Lipinski definition) is 1. The molecule has 1 aliphatic heterocycles. The van der Waals surface area contributed by atoms with Gasteiger partial charge in [0.2, 0.25) is 5.91 Å². The number of hydrogen-bond acceptors (Lipinski definition) is 3. The summed E-state index contributed by atoms with van der Waals surface area (Å²) in [5, 5.41) is 0.818. The van der Waals surface area contributed by atoms with Crippen molar-refractivity contribution in [3.8, 4) is 0 Å². The quantitative estimate of drug-likeness (QED) is 0.924. The minimum atomic E-state index is 0.151. The Balaban J connectivity index is 1.56. The van der Waals surface area contributed by atoms with Crippen LogP contribution in [0, 0.1) is 5.92 Å². The lowest BCUT2D eigenvalue weighted by Gasteiger charge is -2.39. The number of halogens is 1. The SMILES string of the molecule is CC(c1ccccc1Cl)N1CCN(C(=O)C2CCC(N)C2)CC1. The number of nitrogens with two attached hydrogens (primary N) is 1. The first-order valence-electron chi connectivity index (χ1n) is 8.59. The van der Waals surface area contributed by atoms with Crippen LogP contribution in [0.2, 0.25) is 5.02 Å². The van der Waals surface area contributed by atoms with Crippen molar-refractivity contribution in [1.29, 1.82) is 0 Å². The number of carbonyl (C=O) groups is 1. The molecule has 3 rings (SSSR count). The van der Waals surface area contributed by atoms with Crippen molar-refractivity contribution in [1.82, 2.24) is 9.80 Å². The Morgan fingerprint density at radius 2 is 1.91 bits per heavy atom. The van der Waals surface area contributed by atoms with Crippen LogP contribution in [0.15, 0.2) is 24.3 Å². The van der Waals surface area contributed by atoms with Gasteiger partial charge in [0.1, 0.15) is 0 Å². The van der Waals surface area contributed by atoms with Crippen LogP contribution >= 0.6 is 11.6 Å². The highest BCUT2D eigenvalue weighted by atomic mass is 35.5. The molecule has 3 unspecified atom stereocenters. The van der Waals surface area contributed by atoms with Gasteiger partial charge in [0.25, 0.3) is 0 Å². The molecule has 23 heavy (non-hydrogen) atoms. The Bertz CT molecular complexity index is 557. The molecular formula is C18H26ClN3O. The molecule has 3 atom stereocenters. The molecule has 1 aliphatic carbocycles. The number of carbonyl (C=O) groups excluding carboxylic acids is 1. The molecule has 2 fully saturated rings. The summed E-state index contributed by atoms with van der Waals surface area (Å²) >= 11 is 6.31. The third-order valence-electron chi connectivity index (χ3n) is 5.35. The van der Waals surface area contributed by atoms with Gasteiger partial charge in [-0.15, -0.1) is 0 Å². The van der Waals surface area contributed by atoms with Crippen molar-refractivity contribution >= 4 is 17.5 Å². The first kappa shape index (κ1) is 16.7. The van der Waals surface area contributed by atoms with Gasteiger partial charge >= 0.3 is 0 Å². The lowest BCUT2D eigenvalue weighted by Crippen LogP contribution is -2.50. The maximum Gasteiger partial charge on any atom is 0.225 e. The lowest BCUT2D eigenvalue weighted by atomic mass is 10.0. The fourth-order valence-electron chi connectivity index (χ4n) is 3.84. The maximum atomic E-state index is 12.6. The van der Waals surface area contributed by atoms with E-state index in [-0.39, 0.29) is 18.0 Å². The highest BCUT2D eigenvalue weighted by molar-refractivity contribution is 6.31. The number of benzene rings is 1. The Kier molecular flexibility index (Phi) is 5.24. The Hall–Kier alpha value is -1.10. The molecule has 2 N–H and O–H groups in total. The lowest BCUT2D eigenvalue weighted by molar-refractivity contribution is -0.137. The van der Waals surface area contributed by atoms with Crippen LogP contribution < -0.4 is 5.73 Å². The molecule has 0 bridgehead atoms. The van der Waals surface area contributed by atoms with Crippen LogP contribution in [-0.4, -0.2) is 47.9 Å². The van der Waals surface area contributed by atoms with Gasteiger partial charge in [0.15, 0.2) is 0 Å². The molecule has 2 aliphatic rings. The normalized spacial score (nSPS) is 27.2. The fraction of sp³-hybridized carbons (Fsp3) is 0.611. The molecular weight excluding hydrogens is 310 g/mol. The summed E-state index contributed by atoms with van der Waals surface area (Å²) in [6.45, 7) is 5.60. The predicted octanol–water partition coefficient (Wildman–Crippen LogP) is 2.67. The molecule has 1 amide bonds. The van der Waals surface area contributed by atoms with Crippen LogP contribution in [0.3, 0.4) is 0 Å². The second kappa shape index (κ2) is 7.20. The summed E-state index contributed by atoms with van der Waals surface area (Å²) in [5.41, 5.74) is 7.10. The van der Waals surface area contributed by atoms with Crippen LogP contribution in [-0.2, 0) is 4.79 Å². The Labute approximate surface area is 143 Å². The van der Waals surface area contributed by atoms with Crippen molar-refractivity contribution in [2.24, 2.45) is 11.7 Å². The van der Waals surface area contributed by atoms with Crippen LogP contribution in [0.4, 0.5) is 0 Å². The molecule has 1 saturated carbocycles. The molecule has 0 spiro atoms. The zero-order valence-electron chi connectivity index (χ0n) is 13.7. The molecule has 126 valence electrons. The monoisotopic (exact) mass is 335 g/mol. The van der Waals surface area contributed by atoms with Gasteiger partial charge in [-0.2, -0.15) is 0 Å². The van der Waals surface area contributed by atoms with Crippen LogP contribution in [0.5, 0.6) is 0 Å². The van der Waals surface area contributed by atoms with E-state index >= 15 is 0 Å². The average molecular weight is 336 g/mol. The van der Waals surface area contributed by atoms with Crippen molar-refractivity contribution in [3.05, 3.63) is 34.9 Å². The molecule has 0 aromatic heterocycles. The van der Waals surface area contributed by atoms with Gasteiger partial charge in [-0.1, -0.05) is 29.8 Å². The molecule has 1 aromatic carbocycles. The standard InChI is InChI=1S/C18H26ClN3O/c1-13(16-4-2-3-5-17(16)19)21-8-10-22(11-9-21)18(23)14-6-7-15(20)12-14/h2-5,13-15H,6-12,20H2,1H3. The highest BCUT2D eigenvalue weighted by Gasteiger charge is 2.33. The van der Waals surface area contributed by atoms with E-state index in [1.54, 1.807) is 0 Å². The van der Waals surface area contributed by atoms with Crippen LogP contribution in [0.25, 0.3) is 0 Å². The second-order valence-corrected chi connectivity index (χ2v) is 7.24. The third-order valence-corrected chi connectivity index (χ3v) is 5.70. The van der Waals surface area contributed by atoms with Crippen molar-refractivity contribution < 1.29 is 4.79 Å². The zero-order valence-corrected chi connectivity index (χ0v) is 14.5. The van der Waals surface area contributed by atoms with E-state index in [1.165, 1.54) is 0 Å². The minimum absolute atomic E-state index is 0.151. The number of piperazine rings is 1. The number of rotatable bonds is 3. The predicted molar refractivity (Wildman–Crippen MR) is 93.3 cm³/mol. The number of amides is 1. The summed E-state index contributed by atoms with van der Waals surface area (Å²) in [5.74, 6) is 0.459. The third kappa shape index (κ3) is 3.70. The molecule has 1 heterocycles. The molecule has 1 saturated heterocycles.